The molecule has 1 aliphatic heterocycles. The Balaban J connectivity index is 1.64. The van der Waals surface area contributed by atoms with E-state index in [9.17, 15) is 8.42 Å². The monoisotopic (exact) mass is 366 g/mol. The molecule has 3 rings (SSSR count). The number of hydrogen-bond donors (Lipinski definition) is 1. The maximum Gasteiger partial charge on any atom is 0.243 e. The van der Waals surface area contributed by atoms with Crippen molar-refractivity contribution in [1.82, 2.24) is 19.1 Å². The molecule has 2 aromatic rings. The largest absolute Gasteiger partial charge is 0.486 e. The second-order valence-electron chi connectivity index (χ2n) is 6.04. The lowest BCUT2D eigenvalue weighted by Gasteiger charge is -2.36. The molecule has 136 valence electrons. The zero-order valence-electron chi connectivity index (χ0n) is 14.3. The molecule has 0 amide bonds. The van der Waals surface area contributed by atoms with Crippen molar-refractivity contribution in [2.45, 2.75) is 31.9 Å². The number of sulfonamides is 1. The number of ether oxygens (including phenoxy) is 1. The first-order chi connectivity index (χ1) is 12.0. The average Bonchev–Trinajstić information content (AvgIpc) is 2.92. The summed E-state index contributed by atoms with van der Waals surface area (Å²) in [7, 11) is -3.50. The molecular formula is C16H22N4O4S. The predicted octanol–water partition coefficient (Wildman–Crippen LogP) is 0.798. The van der Waals surface area contributed by atoms with E-state index in [1.807, 2.05) is 18.4 Å². The van der Waals surface area contributed by atoms with Crippen LogP contribution in [-0.4, -0.2) is 52.3 Å². The number of aromatic nitrogens is 3. The van der Waals surface area contributed by atoms with E-state index in [0.29, 0.717) is 18.8 Å². The van der Waals surface area contributed by atoms with Crippen LogP contribution in [0.5, 0.6) is 5.75 Å². The van der Waals surface area contributed by atoms with Crippen molar-refractivity contribution < 1.29 is 18.3 Å². The number of aliphatic hydroxyl groups excluding tert-OH is 1. The Labute approximate surface area is 147 Å². The molecule has 1 aromatic carbocycles. The molecule has 1 N–H and O–H groups in total. The molecule has 0 atom stereocenters. The zero-order chi connectivity index (χ0) is 18.0. The van der Waals surface area contributed by atoms with Crippen molar-refractivity contribution in [1.29, 1.82) is 0 Å². The lowest BCUT2D eigenvalue weighted by atomic mass is 10.1. The molecule has 0 bridgehead atoms. The highest BCUT2D eigenvalue weighted by atomic mass is 32.2. The molecule has 1 saturated heterocycles. The van der Waals surface area contributed by atoms with Crippen LogP contribution in [0, 0.1) is 12.8 Å². The van der Waals surface area contributed by atoms with Crippen LogP contribution in [0.25, 0.3) is 0 Å². The van der Waals surface area contributed by atoms with Crippen LogP contribution in [0.15, 0.2) is 29.2 Å². The third-order valence-electron chi connectivity index (χ3n) is 4.34. The van der Waals surface area contributed by atoms with Crippen LogP contribution in [0.3, 0.4) is 0 Å². The first kappa shape index (κ1) is 17.8. The van der Waals surface area contributed by atoms with E-state index in [0.717, 1.165) is 18.2 Å². The molecule has 9 heteroatoms. The molecule has 0 unspecified atom stereocenters. The van der Waals surface area contributed by atoms with Gasteiger partial charge in [0.25, 0.3) is 0 Å². The molecule has 8 nitrogen and oxygen atoms in total. The van der Waals surface area contributed by atoms with Crippen molar-refractivity contribution in [2.75, 3.05) is 19.7 Å². The lowest BCUT2D eigenvalue weighted by Crippen LogP contribution is -2.51. The van der Waals surface area contributed by atoms with E-state index in [2.05, 4.69) is 10.2 Å². The first-order valence-electron chi connectivity index (χ1n) is 8.18. The fourth-order valence-electron chi connectivity index (χ4n) is 2.78. The van der Waals surface area contributed by atoms with E-state index in [4.69, 9.17) is 9.84 Å². The Bertz CT molecular complexity index is 826. The van der Waals surface area contributed by atoms with Gasteiger partial charge in [-0.2, -0.15) is 4.31 Å². The quantitative estimate of drug-likeness (QED) is 0.778. The highest BCUT2D eigenvalue weighted by Gasteiger charge is 2.36. The van der Waals surface area contributed by atoms with Gasteiger partial charge in [-0.15, -0.1) is 10.2 Å². The van der Waals surface area contributed by atoms with Crippen LogP contribution in [0.2, 0.25) is 0 Å². The maximum atomic E-state index is 12.4. The van der Waals surface area contributed by atoms with Crippen LogP contribution in [-0.2, 0) is 23.2 Å². The summed E-state index contributed by atoms with van der Waals surface area (Å²) in [5.41, 5.74) is 0. The first-order valence-corrected chi connectivity index (χ1v) is 9.62. The Morgan fingerprint density at radius 1 is 1.24 bits per heavy atom. The van der Waals surface area contributed by atoms with Gasteiger partial charge in [-0.1, -0.05) is 0 Å². The third kappa shape index (κ3) is 3.53. The van der Waals surface area contributed by atoms with Gasteiger partial charge >= 0.3 is 0 Å². The summed E-state index contributed by atoms with van der Waals surface area (Å²) in [4.78, 5) is 0.226. The minimum absolute atomic E-state index is 0.0145. The molecule has 1 aromatic heterocycles. The van der Waals surface area contributed by atoms with Crippen LogP contribution in [0.1, 0.15) is 18.6 Å². The Morgan fingerprint density at radius 2 is 1.92 bits per heavy atom. The second kappa shape index (κ2) is 7.11. The third-order valence-corrected chi connectivity index (χ3v) is 6.19. The molecule has 0 radical (unpaired) electrons. The van der Waals surface area contributed by atoms with Gasteiger partial charge in [0.15, 0.2) is 5.82 Å². The van der Waals surface area contributed by atoms with Crippen molar-refractivity contribution >= 4 is 10.0 Å². The van der Waals surface area contributed by atoms with Crippen molar-refractivity contribution in [2.24, 2.45) is 5.92 Å². The number of nitrogens with zero attached hydrogens (tertiary/aromatic N) is 4. The van der Waals surface area contributed by atoms with Crippen LogP contribution >= 0.6 is 0 Å². The number of benzene rings is 1. The molecule has 0 aliphatic carbocycles. The minimum Gasteiger partial charge on any atom is -0.486 e. The zero-order valence-corrected chi connectivity index (χ0v) is 15.1. The fourth-order valence-corrected chi connectivity index (χ4v) is 4.37. The Kier molecular flexibility index (Phi) is 5.07. The highest BCUT2D eigenvalue weighted by molar-refractivity contribution is 7.89. The number of hydrogen-bond acceptors (Lipinski definition) is 6. The molecule has 0 saturated carbocycles. The van der Waals surface area contributed by atoms with Gasteiger partial charge in [0, 0.05) is 32.2 Å². The van der Waals surface area contributed by atoms with Crippen LogP contribution in [0.4, 0.5) is 0 Å². The summed E-state index contributed by atoms with van der Waals surface area (Å²) < 4.78 is 33.9. The summed E-state index contributed by atoms with van der Waals surface area (Å²) in [5, 5.41) is 17.1. The Morgan fingerprint density at radius 3 is 2.52 bits per heavy atom. The van der Waals surface area contributed by atoms with Gasteiger partial charge in [0.2, 0.25) is 10.0 Å². The summed E-state index contributed by atoms with van der Waals surface area (Å²) in [6.45, 7) is 5.67. The minimum atomic E-state index is -3.50. The van der Waals surface area contributed by atoms with E-state index >= 15 is 0 Å². The highest BCUT2D eigenvalue weighted by Crippen LogP contribution is 2.26. The molecule has 1 aliphatic rings. The predicted molar refractivity (Wildman–Crippen MR) is 90.5 cm³/mol. The summed E-state index contributed by atoms with van der Waals surface area (Å²) >= 11 is 0. The van der Waals surface area contributed by atoms with E-state index in [-0.39, 0.29) is 24.0 Å². The summed E-state index contributed by atoms with van der Waals surface area (Å²) in [5.74, 6) is 2.17. The van der Waals surface area contributed by atoms with Gasteiger partial charge in [-0.25, -0.2) is 8.42 Å². The van der Waals surface area contributed by atoms with Gasteiger partial charge < -0.3 is 14.4 Å². The van der Waals surface area contributed by atoms with Gasteiger partial charge in [0.1, 0.15) is 18.2 Å². The maximum absolute atomic E-state index is 12.4. The number of rotatable bonds is 7. The smallest absolute Gasteiger partial charge is 0.243 e. The van der Waals surface area contributed by atoms with Crippen molar-refractivity contribution in [3.63, 3.8) is 0 Å². The summed E-state index contributed by atoms with van der Waals surface area (Å²) in [6, 6.07) is 6.34. The lowest BCUT2D eigenvalue weighted by molar-refractivity contribution is 0.117. The van der Waals surface area contributed by atoms with E-state index in [1.54, 1.807) is 12.1 Å². The van der Waals surface area contributed by atoms with Gasteiger partial charge in [0.05, 0.1) is 4.90 Å². The van der Waals surface area contributed by atoms with E-state index in [1.165, 1.54) is 16.4 Å². The number of aliphatic hydroxyl groups is 1. The average molecular weight is 366 g/mol. The molecule has 0 spiro atoms. The van der Waals surface area contributed by atoms with Crippen molar-refractivity contribution in [3.05, 3.63) is 35.9 Å². The molecule has 25 heavy (non-hydrogen) atoms. The van der Waals surface area contributed by atoms with Gasteiger partial charge in [-0.05, 0) is 38.1 Å². The topological polar surface area (TPSA) is 97.5 Å². The van der Waals surface area contributed by atoms with Crippen molar-refractivity contribution in [3.8, 4) is 5.75 Å². The molecule has 2 heterocycles. The molecular weight excluding hydrogens is 344 g/mol. The second-order valence-corrected chi connectivity index (χ2v) is 7.98. The summed E-state index contributed by atoms with van der Waals surface area (Å²) in [6.07, 6.45) is 0. The van der Waals surface area contributed by atoms with Crippen LogP contribution < -0.4 is 4.74 Å². The standard InChI is InChI=1S/C16H22N4O4S/c1-3-20-12(2)17-18-16(20)11-24-14-4-6-15(7-5-14)25(22,23)19-8-13(9-19)10-21/h4-7,13,21H,3,8-11H2,1-2H3. The number of aryl methyl sites for hydroxylation is 1. The fraction of sp³-hybridized carbons (Fsp3) is 0.500. The molecule has 1 fully saturated rings. The van der Waals surface area contributed by atoms with E-state index < -0.39 is 10.0 Å². The normalized spacial score (nSPS) is 16.0. The Hall–Kier alpha value is -1.97. The SMILES string of the molecule is CCn1c(C)nnc1COc1ccc(S(=O)(=O)N2CC(CO)C2)cc1. The van der Waals surface area contributed by atoms with Gasteiger partial charge in [-0.3, -0.25) is 0 Å².